The molecule has 0 fully saturated rings. The van der Waals surface area contributed by atoms with Crippen LogP contribution < -0.4 is 9.64 Å². The highest BCUT2D eigenvalue weighted by atomic mass is 35.5. The molecule has 0 N–H and O–H groups in total. The summed E-state index contributed by atoms with van der Waals surface area (Å²) in [5.41, 5.74) is 5.71. The minimum Gasteiger partial charge on any atom is -0.497 e. The fraction of sp³-hybridized carbons (Fsp3) is 0.269. The minimum absolute atomic E-state index is 0. The van der Waals surface area contributed by atoms with Gasteiger partial charge in [0.15, 0.2) is 5.13 Å². The van der Waals surface area contributed by atoms with Crippen molar-refractivity contribution in [3.05, 3.63) is 69.6 Å². The molecule has 1 aromatic heterocycles. The number of aryl methyl sites for hydroxylation is 2. The highest BCUT2D eigenvalue weighted by molar-refractivity contribution is 7.16. The van der Waals surface area contributed by atoms with Gasteiger partial charge < -0.3 is 9.64 Å². The van der Waals surface area contributed by atoms with E-state index in [2.05, 4.69) is 62.9 Å². The molecule has 0 saturated carbocycles. The lowest BCUT2D eigenvalue weighted by Gasteiger charge is -2.26. The van der Waals surface area contributed by atoms with E-state index in [4.69, 9.17) is 21.3 Å². The quantitative estimate of drug-likeness (QED) is 0.273. The van der Waals surface area contributed by atoms with Crippen molar-refractivity contribution in [2.75, 3.05) is 18.6 Å². The van der Waals surface area contributed by atoms with Crippen molar-refractivity contribution >= 4 is 56.9 Å². The van der Waals surface area contributed by atoms with Crippen molar-refractivity contribution < 1.29 is 4.74 Å². The summed E-state index contributed by atoms with van der Waals surface area (Å²) in [4.78, 5) is 8.62. The van der Waals surface area contributed by atoms with Gasteiger partial charge >= 0.3 is 0 Å². The van der Waals surface area contributed by atoms with E-state index in [9.17, 15) is 0 Å². The maximum absolute atomic E-state index is 6.58. The Labute approximate surface area is 205 Å². The van der Waals surface area contributed by atoms with Crippen LogP contribution in [0.25, 0.3) is 22.0 Å². The minimum atomic E-state index is 0. The number of anilines is 2. The topological polar surface area (TPSA) is 25.4 Å². The molecular weight excluding hydrogens is 459 g/mol. The number of halogens is 2. The van der Waals surface area contributed by atoms with Gasteiger partial charge in [-0.25, -0.2) is 4.98 Å². The number of methoxy groups -OCH3 is 1. The fourth-order valence-corrected chi connectivity index (χ4v) is 5.22. The first-order valence-electron chi connectivity index (χ1n) is 10.5. The normalized spacial score (nSPS) is 10.8. The van der Waals surface area contributed by atoms with E-state index in [-0.39, 0.29) is 12.4 Å². The number of benzene rings is 3. The largest absolute Gasteiger partial charge is 0.497 e. The Morgan fingerprint density at radius 1 is 1.06 bits per heavy atom. The number of ether oxygens (including phenoxy) is 1. The van der Waals surface area contributed by atoms with E-state index in [1.54, 1.807) is 18.4 Å². The molecule has 3 aromatic carbocycles. The Kier molecular flexibility index (Phi) is 7.71. The molecule has 0 radical (unpaired) electrons. The molecule has 168 valence electrons. The Hall–Kier alpha value is -2.27. The van der Waals surface area contributed by atoms with Gasteiger partial charge in [0.1, 0.15) is 5.75 Å². The van der Waals surface area contributed by atoms with Crippen LogP contribution in [0.4, 0.5) is 10.8 Å². The van der Waals surface area contributed by atoms with Crippen LogP contribution in [0.1, 0.15) is 29.3 Å². The number of aromatic nitrogens is 1. The van der Waals surface area contributed by atoms with Gasteiger partial charge in [-0.1, -0.05) is 48.9 Å². The van der Waals surface area contributed by atoms with Crippen LogP contribution in [0.5, 0.6) is 5.75 Å². The van der Waals surface area contributed by atoms with Crippen molar-refractivity contribution in [1.29, 1.82) is 0 Å². The Balaban J connectivity index is 0.00000289. The van der Waals surface area contributed by atoms with Gasteiger partial charge in [-0.05, 0) is 61.9 Å². The summed E-state index contributed by atoms with van der Waals surface area (Å²) >= 11 is 8.30. The first-order valence-corrected chi connectivity index (χ1v) is 11.7. The van der Waals surface area contributed by atoms with Gasteiger partial charge in [-0.15, -0.1) is 23.7 Å². The average molecular weight is 487 g/mol. The number of rotatable bonds is 6. The molecule has 4 aromatic rings. The van der Waals surface area contributed by atoms with Crippen LogP contribution in [0.2, 0.25) is 5.02 Å². The van der Waals surface area contributed by atoms with Gasteiger partial charge in [-0.2, -0.15) is 0 Å². The standard InChI is InChI=1S/C26H27ClN2OS.ClH/c1-6-13-29(25-17(3)16(2)14-19-9-7-8-10-21(19)25)26-28-24(18(4)31-26)22-12-11-20(30-5)15-23(22)27;/h7-12,14-15H,6,13H2,1-5H3;1H. The third-order valence-corrected chi connectivity index (χ3v) is 7.01. The summed E-state index contributed by atoms with van der Waals surface area (Å²) in [5.74, 6) is 0.747. The Morgan fingerprint density at radius 2 is 1.81 bits per heavy atom. The zero-order valence-electron chi connectivity index (χ0n) is 19.0. The van der Waals surface area contributed by atoms with Crippen LogP contribution in [-0.4, -0.2) is 18.6 Å². The monoisotopic (exact) mass is 486 g/mol. The third kappa shape index (κ3) is 4.45. The van der Waals surface area contributed by atoms with Crippen molar-refractivity contribution in [3.63, 3.8) is 0 Å². The molecule has 0 aliphatic heterocycles. The Morgan fingerprint density at radius 3 is 2.50 bits per heavy atom. The van der Waals surface area contributed by atoms with Crippen molar-refractivity contribution in [2.45, 2.75) is 34.1 Å². The van der Waals surface area contributed by atoms with Gasteiger partial charge in [0.2, 0.25) is 0 Å². The first kappa shape index (κ1) is 24.4. The molecule has 0 unspecified atom stereocenters. The van der Waals surface area contributed by atoms with E-state index in [0.29, 0.717) is 5.02 Å². The van der Waals surface area contributed by atoms with Crippen LogP contribution in [0.3, 0.4) is 0 Å². The second-order valence-electron chi connectivity index (χ2n) is 7.79. The molecule has 0 saturated heterocycles. The molecule has 0 aliphatic carbocycles. The molecule has 0 amide bonds. The van der Waals surface area contributed by atoms with E-state index in [1.807, 2.05) is 18.2 Å². The highest BCUT2D eigenvalue weighted by Crippen LogP contribution is 2.42. The van der Waals surface area contributed by atoms with Crippen molar-refractivity contribution in [1.82, 2.24) is 4.98 Å². The number of nitrogens with zero attached hydrogens (tertiary/aromatic N) is 2. The van der Waals surface area contributed by atoms with Crippen LogP contribution in [0.15, 0.2) is 48.5 Å². The summed E-state index contributed by atoms with van der Waals surface area (Å²) < 4.78 is 5.30. The number of thiazole rings is 1. The molecule has 3 nitrogen and oxygen atoms in total. The zero-order chi connectivity index (χ0) is 22.1. The summed E-state index contributed by atoms with van der Waals surface area (Å²) in [6.07, 6.45) is 1.03. The maximum Gasteiger partial charge on any atom is 0.190 e. The molecule has 6 heteroatoms. The van der Waals surface area contributed by atoms with Gasteiger partial charge in [0, 0.05) is 22.4 Å². The van der Waals surface area contributed by atoms with Crippen LogP contribution in [-0.2, 0) is 0 Å². The second-order valence-corrected chi connectivity index (χ2v) is 9.38. The summed E-state index contributed by atoms with van der Waals surface area (Å²) in [6.45, 7) is 9.62. The number of fused-ring (bicyclic) bond motifs is 1. The predicted octanol–water partition coefficient (Wildman–Crippen LogP) is 8.52. The number of hydrogen-bond donors (Lipinski definition) is 0. The lowest BCUT2D eigenvalue weighted by atomic mass is 9.99. The van der Waals surface area contributed by atoms with Crippen molar-refractivity contribution in [2.24, 2.45) is 0 Å². The van der Waals surface area contributed by atoms with E-state index in [1.165, 1.54) is 27.6 Å². The molecule has 4 rings (SSSR count). The van der Waals surface area contributed by atoms with E-state index >= 15 is 0 Å². The first-order chi connectivity index (χ1) is 14.9. The maximum atomic E-state index is 6.58. The zero-order valence-corrected chi connectivity index (χ0v) is 21.4. The fourth-order valence-electron chi connectivity index (χ4n) is 4.01. The highest BCUT2D eigenvalue weighted by Gasteiger charge is 2.22. The lowest BCUT2D eigenvalue weighted by molar-refractivity contribution is 0.415. The smallest absolute Gasteiger partial charge is 0.190 e. The molecule has 0 spiro atoms. The number of hydrogen-bond acceptors (Lipinski definition) is 4. The molecule has 0 atom stereocenters. The third-order valence-electron chi connectivity index (χ3n) is 5.70. The molecular formula is C26H28Cl2N2OS. The molecule has 0 aliphatic rings. The predicted molar refractivity (Wildman–Crippen MR) is 142 cm³/mol. The molecule has 1 heterocycles. The SMILES string of the molecule is CCCN(c1nc(-c2ccc(OC)cc2Cl)c(C)s1)c1c(C)c(C)cc2ccccc12.Cl. The molecule has 0 bridgehead atoms. The van der Waals surface area contributed by atoms with Gasteiger partial charge in [0.25, 0.3) is 0 Å². The second kappa shape index (κ2) is 10.1. The summed E-state index contributed by atoms with van der Waals surface area (Å²) in [6, 6.07) is 16.6. The lowest BCUT2D eigenvalue weighted by Crippen LogP contribution is -2.19. The van der Waals surface area contributed by atoms with Crippen molar-refractivity contribution in [3.8, 4) is 17.0 Å². The summed E-state index contributed by atoms with van der Waals surface area (Å²) in [5, 5.41) is 4.17. The average Bonchev–Trinajstić information content (AvgIpc) is 3.14. The van der Waals surface area contributed by atoms with Gasteiger partial charge in [-0.3, -0.25) is 0 Å². The van der Waals surface area contributed by atoms with E-state index in [0.717, 1.165) is 40.0 Å². The van der Waals surface area contributed by atoms with Gasteiger partial charge in [0.05, 0.1) is 23.5 Å². The summed E-state index contributed by atoms with van der Waals surface area (Å²) in [7, 11) is 1.65. The van der Waals surface area contributed by atoms with Crippen LogP contribution in [0, 0.1) is 20.8 Å². The molecule has 32 heavy (non-hydrogen) atoms. The van der Waals surface area contributed by atoms with E-state index < -0.39 is 0 Å². The van der Waals surface area contributed by atoms with Crippen LogP contribution >= 0.6 is 35.3 Å². The Bertz CT molecular complexity index is 1250.